The fourth-order valence-electron chi connectivity index (χ4n) is 4.87. The molecule has 18 heavy (non-hydrogen) atoms. The molecule has 1 saturated heterocycles. The summed E-state index contributed by atoms with van der Waals surface area (Å²) in [6.45, 7) is 0. The van der Waals surface area contributed by atoms with Gasteiger partial charge in [-0.1, -0.05) is 44.9 Å². The van der Waals surface area contributed by atoms with Gasteiger partial charge in [0.25, 0.3) is 0 Å². The maximum Gasteiger partial charge on any atom is -0.0178 e. The minimum absolute atomic E-state index is 0.424. The molecule has 0 aromatic carbocycles. The van der Waals surface area contributed by atoms with Gasteiger partial charge in [0.1, 0.15) is 0 Å². The van der Waals surface area contributed by atoms with Crippen LogP contribution < -0.4 is 0 Å². The summed E-state index contributed by atoms with van der Waals surface area (Å²) in [5, 5.41) is 0. The molecule has 2 atom stereocenters. The van der Waals surface area contributed by atoms with Gasteiger partial charge in [-0.05, 0) is 61.9 Å². The van der Waals surface area contributed by atoms with Crippen LogP contribution in [0.25, 0.3) is 0 Å². The van der Waals surface area contributed by atoms with Gasteiger partial charge in [-0.3, -0.25) is 0 Å². The van der Waals surface area contributed by atoms with Gasteiger partial charge in [0.2, 0.25) is 0 Å². The van der Waals surface area contributed by atoms with E-state index in [1.165, 1.54) is 24.2 Å². The largest absolute Gasteiger partial charge is 0.100 e. The highest BCUT2D eigenvalue weighted by atomic mass is 31.1. The van der Waals surface area contributed by atoms with Crippen LogP contribution in [-0.2, 0) is 0 Å². The molecule has 2 aliphatic carbocycles. The minimum Gasteiger partial charge on any atom is -0.100 e. The van der Waals surface area contributed by atoms with E-state index < -0.39 is 0 Å². The van der Waals surface area contributed by atoms with Crippen molar-refractivity contribution in [2.24, 2.45) is 5.92 Å². The number of rotatable bonds is 2. The van der Waals surface area contributed by atoms with Crippen LogP contribution >= 0.6 is 7.92 Å². The van der Waals surface area contributed by atoms with Crippen molar-refractivity contribution in [3.8, 4) is 0 Å². The SMILES string of the molecule is C1CCC(C2CCCCP2C2CCCCC2)CC1. The van der Waals surface area contributed by atoms with Crippen LogP contribution in [0.1, 0.15) is 83.5 Å². The van der Waals surface area contributed by atoms with Crippen molar-refractivity contribution in [1.82, 2.24) is 0 Å². The second-order valence-corrected chi connectivity index (χ2v) is 9.86. The van der Waals surface area contributed by atoms with Gasteiger partial charge in [0, 0.05) is 0 Å². The smallest absolute Gasteiger partial charge is 0.0178 e. The Labute approximate surface area is 115 Å². The van der Waals surface area contributed by atoms with Crippen molar-refractivity contribution in [2.75, 3.05) is 6.16 Å². The van der Waals surface area contributed by atoms with Gasteiger partial charge in [0.15, 0.2) is 0 Å². The van der Waals surface area contributed by atoms with Crippen LogP contribution in [0.2, 0.25) is 0 Å². The highest BCUT2D eigenvalue weighted by Gasteiger charge is 2.36. The molecular weight excluding hydrogens is 235 g/mol. The van der Waals surface area contributed by atoms with E-state index in [0.29, 0.717) is 7.92 Å². The quantitative estimate of drug-likeness (QED) is 0.543. The van der Waals surface area contributed by atoms with E-state index in [1.54, 1.807) is 76.8 Å². The lowest BCUT2D eigenvalue weighted by Gasteiger charge is -2.44. The molecule has 104 valence electrons. The fourth-order valence-corrected chi connectivity index (χ4v) is 9.08. The molecule has 2 saturated carbocycles. The monoisotopic (exact) mass is 266 g/mol. The van der Waals surface area contributed by atoms with Crippen molar-refractivity contribution in [3.63, 3.8) is 0 Å². The van der Waals surface area contributed by atoms with Crippen molar-refractivity contribution in [2.45, 2.75) is 94.8 Å². The van der Waals surface area contributed by atoms with Gasteiger partial charge in [-0.25, -0.2) is 0 Å². The molecular formula is C17H31P. The van der Waals surface area contributed by atoms with Crippen LogP contribution in [0.4, 0.5) is 0 Å². The molecule has 0 bridgehead atoms. The molecule has 0 aromatic rings. The van der Waals surface area contributed by atoms with Crippen molar-refractivity contribution in [1.29, 1.82) is 0 Å². The maximum absolute atomic E-state index is 1.65. The van der Waals surface area contributed by atoms with Gasteiger partial charge >= 0.3 is 0 Å². The van der Waals surface area contributed by atoms with E-state index in [2.05, 4.69) is 0 Å². The zero-order valence-corrected chi connectivity index (χ0v) is 13.0. The molecule has 1 heteroatoms. The highest BCUT2D eigenvalue weighted by molar-refractivity contribution is 7.59. The summed E-state index contributed by atoms with van der Waals surface area (Å²) in [5.41, 5.74) is 2.40. The molecule has 2 unspecified atom stereocenters. The third kappa shape index (κ3) is 3.12. The van der Waals surface area contributed by atoms with Crippen LogP contribution in [0.5, 0.6) is 0 Å². The summed E-state index contributed by atoms with van der Waals surface area (Å²) in [6, 6.07) is 0. The summed E-state index contributed by atoms with van der Waals surface area (Å²) in [5.74, 6) is 1.16. The second kappa shape index (κ2) is 6.74. The molecule has 0 amide bonds. The van der Waals surface area contributed by atoms with E-state index in [0.717, 1.165) is 5.92 Å². The Morgan fingerprint density at radius 3 is 1.89 bits per heavy atom. The molecule has 3 rings (SSSR count). The van der Waals surface area contributed by atoms with Crippen molar-refractivity contribution < 1.29 is 0 Å². The molecule has 1 heterocycles. The van der Waals surface area contributed by atoms with Gasteiger partial charge in [-0.2, -0.15) is 0 Å². The second-order valence-electron chi connectivity index (χ2n) is 6.99. The lowest BCUT2D eigenvalue weighted by Crippen LogP contribution is -2.30. The average molecular weight is 266 g/mol. The van der Waals surface area contributed by atoms with E-state index in [9.17, 15) is 0 Å². The Balaban J connectivity index is 1.64. The Bertz CT molecular complexity index is 212. The first-order chi connectivity index (χ1) is 8.95. The topological polar surface area (TPSA) is 0 Å². The molecule has 0 radical (unpaired) electrons. The van der Waals surface area contributed by atoms with Gasteiger partial charge in [0.05, 0.1) is 0 Å². The summed E-state index contributed by atoms with van der Waals surface area (Å²) in [4.78, 5) is 0. The lowest BCUT2D eigenvalue weighted by molar-refractivity contribution is 0.328. The van der Waals surface area contributed by atoms with E-state index in [-0.39, 0.29) is 0 Å². The average Bonchev–Trinajstić information content (AvgIpc) is 2.49. The lowest BCUT2D eigenvalue weighted by atomic mass is 9.85. The first kappa shape index (κ1) is 13.4. The molecule has 0 N–H and O–H groups in total. The predicted molar refractivity (Wildman–Crippen MR) is 82.9 cm³/mol. The summed E-state index contributed by atoms with van der Waals surface area (Å²) < 4.78 is 0. The Morgan fingerprint density at radius 2 is 1.17 bits per heavy atom. The molecule has 0 nitrogen and oxygen atoms in total. The first-order valence-electron chi connectivity index (χ1n) is 8.71. The Kier molecular flexibility index (Phi) is 5.02. The maximum atomic E-state index is 1.65. The first-order valence-corrected chi connectivity index (χ1v) is 10.4. The zero-order chi connectivity index (χ0) is 12.2. The highest BCUT2D eigenvalue weighted by Crippen LogP contribution is 2.59. The number of hydrogen-bond acceptors (Lipinski definition) is 0. The summed E-state index contributed by atoms with van der Waals surface area (Å²) >= 11 is 0. The minimum atomic E-state index is 0.424. The van der Waals surface area contributed by atoms with E-state index >= 15 is 0 Å². The van der Waals surface area contributed by atoms with Crippen molar-refractivity contribution >= 4 is 7.92 Å². The summed E-state index contributed by atoms with van der Waals surface area (Å²) in [7, 11) is 0.424. The van der Waals surface area contributed by atoms with Crippen molar-refractivity contribution in [3.05, 3.63) is 0 Å². The fraction of sp³-hybridized carbons (Fsp3) is 1.00. The molecule has 3 fully saturated rings. The normalized spacial score (nSPS) is 36.7. The number of hydrogen-bond donors (Lipinski definition) is 0. The summed E-state index contributed by atoms with van der Waals surface area (Å²) in [6.07, 6.45) is 22.1. The molecule has 3 aliphatic rings. The van der Waals surface area contributed by atoms with E-state index in [1.807, 2.05) is 0 Å². The van der Waals surface area contributed by atoms with E-state index in [4.69, 9.17) is 0 Å². The third-order valence-electron chi connectivity index (χ3n) is 5.83. The zero-order valence-electron chi connectivity index (χ0n) is 12.1. The third-order valence-corrected chi connectivity index (χ3v) is 9.65. The standard InChI is InChI=1S/C17H31P/c1-3-9-15(10-4-1)17-13-7-8-14-18(17)16-11-5-2-6-12-16/h15-17H,1-14H2. The molecule has 0 aromatic heterocycles. The van der Waals surface area contributed by atoms with Crippen LogP contribution in [0, 0.1) is 5.92 Å². The molecule has 0 spiro atoms. The molecule has 1 aliphatic heterocycles. The van der Waals surface area contributed by atoms with Gasteiger partial charge < -0.3 is 0 Å². The predicted octanol–water partition coefficient (Wildman–Crippen LogP) is 5.93. The van der Waals surface area contributed by atoms with Gasteiger partial charge in [-0.15, -0.1) is 7.92 Å². The van der Waals surface area contributed by atoms with Crippen LogP contribution in [0.3, 0.4) is 0 Å². The van der Waals surface area contributed by atoms with Crippen LogP contribution in [0.15, 0.2) is 0 Å². The Morgan fingerprint density at radius 1 is 0.556 bits per heavy atom. The van der Waals surface area contributed by atoms with Crippen LogP contribution in [-0.4, -0.2) is 17.5 Å². The Hall–Kier alpha value is 0.430.